The Bertz CT molecular complexity index is 435. The van der Waals surface area contributed by atoms with E-state index in [2.05, 4.69) is 25.1 Å². The van der Waals surface area contributed by atoms with E-state index in [4.69, 9.17) is 11.6 Å². The quantitative estimate of drug-likeness (QED) is 0.632. The maximum atomic E-state index is 11.1. The van der Waals surface area contributed by atoms with Gasteiger partial charge in [0.25, 0.3) is 10.1 Å². The standard InChI is InChI=1S/C7H7BrClNO3S/c1-13-14(11,12)4-6-5(8)2-3-7(9)10-6/h2-3H,4H2,1H3. The monoisotopic (exact) mass is 299 g/mol. The Labute approximate surface area is 95.5 Å². The van der Waals surface area contributed by atoms with Crippen molar-refractivity contribution in [2.24, 2.45) is 0 Å². The molecule has 0 N–H and O–H groups in total. The summed E-state index contributed by atoms with van der Waals surface area (Å²) in [5.41, 5.74) is 0.333. The summed E-state index contributed by atoms with van der Waals surface area (Å²) >= 11 is 8.79. The van der Waals surface area contributed by atoms with Gasteiger partial charge >= 0.3 is 0 Å². The SMILES string of the molecule is COS(=O)(=O)Cc1nc(Cl)ccc1Br. The molecule has 1 rings (SSSR count). The maximum Gasteiger partial charge on any atom is 0.272 e. The molecule has 0 aliphatic heterocycles. The lowest BCUT2D eigenvalue weighted by molar-refractivity contribution is 0.396. The highest BCUT2D eigenvalue weighted by atomic mass is 79.9. The average Bonchev–Trinajstić information content (AvgIpc) is 2.11. The number of hydrogen-bond donors (Lipinski definition) is 0. The van der Waals surface area contributed by atoms with E-state index >= 15 is 0 Å². The lowest BCUT2D eigenvalue weighted by Crippen LogP contribution is -2.07. The molecule has 1 aromatic heterocycles. The van der Waals surface area contributed by atoms with Crippen molar-refractivity contribution < 1.29 is 12.6 Å². The van der Waals surface area contributed by atoms with Crippen LogP contribution in [0.25, 0.3) is 0 Å². The third-order valence-electron chi connectivity index (χ3n) is 1.45. The van der Waals surface area contributed by atoms with Gasteiger partial charge < -0.3 is 0 Å². The third kappa shape index (κ3) is 3.20. The predicted molar refractivity (Wildman–Crippen MR) is 56.6 cm³/mol. The van der Waals surface area contributed by atoms with E-state index in [0.717, 1.165) is 7.11 Å². The zero-order valence-corrected chi connectivity index (χ0v) is 10.4. The van der Waals surface area contributed by atoms with Crippen LogP contribution in [0.1, 0.15) is 5.69 Å². The summed E-state index contributed by atoms with van der Waals surface area (Å²) in [7, 11) is -2.46. The Morgan fingerprint density at radius 1 is 1.57 bits per heavy atom. The second-order valence-corrected chi connectivity index (χ2v) is 5.41. The zero-order valence-electron chi connectivity index (χ0n) is 7.20. The fourth-order valence-electron chi connectivity index (χ4n) is 0.785. The lowest BCUT2D eigenvalue weighted by atomic mass is 10.4. The molecule has 0 unspecified atom stereocenters. The van der Waals surface area contributed by atoms with Crippen LogP contribution in [0.5, 0.6) is 0 Å². The van der Waals surface area contributed by atoms with Crippen LogP contribution in [0.3, 0.4) is 0 Å². The third-order valence-corrected chi connectivity index (χ3v) is 3.52. The molecule has 0 aliphatic rings. The van der Waals surface area contributed by atoms with Crippen molar-refractivity contribution in [1.29, 1.82) is 0 Å². The Morgan fingerprint density at radius 3 is 2.79 bits per heavy atom. The molecule has 1 aromatic rings. The molecule has 4 nitrogen and oxygen atoms in total. The van der Waals surface area contributed by atoms with Crippen molar-refractivity contribution in [3.05, 3.63) is 27.5 Å². The molecule has 0 bridgehead atoms. The number of rotatable bonds is 3. The Balaban J connectivity index is 3.03. The number of aromatic nitrogens is 1. The minimum Gasteiger partial charge on any atom is -0.273 e. The van der Waals surface area contributed by atoms with Gasteiger partial charge in [-0.15, -0.1) is 0 Å². The van der Waals surface area contributed by atoms with E-state index in [1.165, 1.54) is 0 Å². The van der Waals surface area contributed by atoms with Gasteiger partial charge in [0.1, 0.15) is 10.9 Å². The molecule has 14 heavy (non-hydrogen) atoms. The normalized spacial score (nSPS) is 11.6. The van der Waals surface area contributed by atoms with E-state index < -0.39 is 10.1 Å². The number of hydrogen-bond acceptors (Lipinski definition) is 4. The highest BCUT2D eigenvalue weighted by Gasteiger charge is 2.14. The van der Waals surface area contributed by atoms with Crippen molar-refractivity contribution in [3.8, 4) is 0 Å². The Kier molecular flexibility index (Phi) is 3.88. The molecule has 0 aliphatic carbocycles. The molecule has 0 spiro atoms. The summed E-state index contributed by atoms with van der Waals surface area (Å²) in [6, 6.07) is 3.20. The summed E-state index contributed by atoms with van der Waals surface area (Å²) in [5.74, 6) is -0.301. The molecule has 0 atom stereocenters. The van der Waals surface area contributed by atoms with Crippen LogP contribution < -0.4 is 0 Å². The van der Waals surface area contributed by atoms with Crippen molar-refractivity contribution in [2.45, 2.75) is 5.75 Å². The van der Waals surface area contributed by atoms with Gasteiger partial charge in [-0.1, -0.05) is 11.6 Å². The number of pyridine rings is 1. The van der Waals surface area contributed by atoms with Crippen LogP contribution in [-0.2, 0) is 20.1 Å². The van der Waals surface area contributed by atoms with Gasteiger partial charge in [0.05, 0.1) is 12.8 Å². The topological polar surface area (TPSA) is 56.3 Å². The molecule has 0 aromatic carbocycles. The highest BCUT2D eigenvalue weighted by molar-refractivity contribution is 9.10. The molecule has 0 saturated carbocycles. The molecule has 0 amide bonds. The van der Waals surface area contributed by atoms with Crippen molar-refractivity contribution >= 4 is 37.6 Å². The zero-order chi connectivity index (χ0) is 10.8. The van der Waals surface area contributed by atoms with Crippen LogP contribution in [0.15, 0.2) is 16.6 Å². The fourth-order valence-corrected chi connectivity index (χ4v) is 2.17. The van der Waals surface area contributed by atoms with Gasteiger partial charge in [-0.25, -0.2) is 4.98 Å². The first-order chi connectivity index (χ1) is 6.44. The van der Waals surface area contributed by atoms with Gasteiger partial charge in [-0.3, -0.25) is 4.18 Å². The first-order valence-corrected chi connectivity index (χ1v) is 6.28. The summed E-state index contributed by atoms with van der Waals surface area (Å²) in [6.07, 6.45) is 0. The maximum absolute atomic E-state index is 11.1. The van der Waals surface area contributed by atoms with Gasteiger partial charge in [0, 0.05) is 4.47 Å². The first kappa shape index (κ1) is 11.9. The highest BCUT2D eigenvalue weighted by Crippen LogP contribution is 2.19. The molecule has 78 valence electrons. The molecule has 1 heterocycles. The van der Waals surface area contributed by atoms with Gasteiger partial charge in [-0.2, -0.15) is 8.42 Å². The van der Waals surface area contributed by atoms with Gasteiger partial charge in [0.15, 0.2) is 0 Å². The lowest BCUT2D eigenvalue weighted by Gasteiger charge is -2.03. The largest absolute Gasteiger partial charge is 0.273 e. The van der Waals surface area contributed by atoms with Crippen LogP contribution in [-0.4, -0.2) is 20.5 Å². The minimum absolute atomic E-state index is 0.245. The van der Waals surface area contributed by atoms with Crippen molar-refractivity contribution in [2.75, 3.05) is 7.11 Å². The molecule has 0 fully saturated rings. The minimum atomic E-state index is -3.56. The van der Waals surface area contributed by atoms with Crippen LogP contribution in [0.4, 0.5) is 0 Å². The second kappa shape index (κ2) is 4.57. The van der Waals surface area contributed by atoms with Crippen LogP contribution in [0.2, 0.25) is 5.15 Å². The van der Waals surface area contributed by atoms with E-state index in [-0.39, 0.29) is 10.9 Å². The van der Waals surface area contributed by atoms with E-state index in [1.807, 2.05) is 0 Å². The molecule has 0 radical (unpaired) electrons. The first-order valence-electron chi connectivity index (χ1n) is 3.54. The van der Waals surface area contributed by atoms with Crippen molar-refractivity contribution in [1.82, 2.24) is 4.98 Å². The van der Waals surface area contributed by atoms with E-state index in [1.54, 1.807) is 12.1 Å². The molecule has 7 heteroatoms. The Morgan fingerprint density at radius 2 is 2.21 bits per heavy atom. The smallest absolute Gasteiger partial charge is 0.272 e. The van der Waals surface area contributed by atoms with Crippen LogP contribution >= 0.6 is 27.5 Å². The summed E-state index contributed by atoms with van der Waals surface area (Å²) < 4.78 is 27.1. The van der Waals surface area contributed by atoms with Gasteiger partial charge in [0.2, 0.25) is 0 Å². The van der Waals surface area contributed by atoms with Gasteiger partial charge in [-0.05, 0) is 28.1 Å². The fraction of sp³-hybridized carbons (Fsp3) is 0.286. The number of halogens is 2. The Hall–Kier alpha value is -0.170. The molecular formula is C7H7BrClNO3S. The predicted octanol–water partition coefficient (Wildman–Crippen LogP) is 1.97. The second-order valence-electron chi connectivity index (χ2n) is 2.43. The average molecular weight is 301 g/mol. The summed E-state index contributed by atoms with van der Waals surface area (Å²) in [5, 5.41) is 0.245. The van der Waals surface area contributed by atoms with Crippen LogP contribution in [0, 0.1) is 0 Å². The molecular weight excluding hydrogens is 294 g/mol. The van der Waals surface area contributed by atoms with Crippen molar-refractivity contribution in [3.63, 3.8) is 0 Å². The number of nitrogens with zero attached hydrogens (tertiary/aromatic N) is 1. The van der Waals surface area contributed by atoms with E-state index in [0.29, 0.717) is 10.2 Å². The van der Waals surface area contributed by atoms with E-state index in [9.17, 15) is 8.42 Å². The summed E-state index contributed by atoms with van der Waals surface area (Å²) in [6.45, 7) is 0. The molecule has 0 saturated heterocycles. The summed E-state index contributed by atoms with van der Waals surface area (Å²) in [4.78, 5) is 3.87.